The largest absolute Gasteiger partial charge is 3.00 e. The molecule has 0 aliphatic carbocycles. The van der Waals surface area contributed by atoms with Crippen molar-refractivity contribution in [3.63, 3.8) is 0 Å². The zero-order chi connectivity index (χ0) is 55.5. The van der Waals surface area contributed by atoms with Gasteiger partial charge in [0.15, 0.2) is 0 Å². The second kappa shape index (κ2) is 54.3. The van der Waals surface area contributed by atoms with Gasteiger partial charge in [0, 0.05) is 34.6 Å². The van der Waals surface area contributed by atoms with Crippen molar-refractivity contribution in [3.8, 4) is 11.5 Å². The van der Waals surface area contributed by atoms with Crippen LogP contribution >= 0.6 is 24.4 Å². The Labute approximate surface area is 463 Å². The third-order valence-corrected chi connectivity index (χ3v) is 6.61. The normalized spacial score (nSPS) is 10.9. The molecule has 1 radical (unpaired) electrons. The molecule has 0 aliphatic rings. The van der Waals surface area contributed by atoms with Gasteiger partial charge in [0.2, 0.25) is 0 Å². The van der Waals surface area contributed by atoms with Crippen molar-refractivity contribution < 1.29 is 142 Å². The van der Waals surface area contributed by atoms with E-state index in [1.807, 2.05) is 0 Å². The molecule has 0 aromatic heterocycles. The third kappa shape index (κ3) is 59.8. The number of benzene rings is 2. The number of thiocarbonyl (C=S) groups is 2. The Morgan fingerprint density at radius 1 is 0.569 bits per heavy atom. The van der Waals surface area contributed by atoms with Gasteiger partial charge >= 0.3 is 66.0 Å². The molecule has 0 bridgehead atoms. The first-order chi connectivity index (χ1) is 31.2. The maximum atomic E-state index is 11.8. The average molecular weight is 1250 g/mol. The summed E-state index contributed by atoms with van der Waals surface area (Å²) < 4.78 is 0. The van der Waals surface area contributed by atoms with E-state index in [0.717, 1.165) is 11.1 Å². The number of aliphatic imine (C=N–C) groups is 2. The third-order valence-electron chi connectivity index (χ3n) is 6.61. The Morgan fingerprint density at radius 2 is 0.750 bits per heavy atom. The van der Waals surface area contributed by atoms with Gasteiger partial charge in [0.25, 0.3) is 0 Å². The van der Waals surface area contributed by atoms with Crippen molar-refractivity contribution >= 4 is 59.8 Å². The van der Waals surface area contributed by atoms with Crippen LogP contribution in [0.1, 0.15) is 70.7 Å². The maximum Gasteiger partial charge on any atom is 3.00 e. The molecule has 2 rings (SSSR count). The van der Waals surface area contributed by atoms with Crippen LogP contribution in [0.5, 0.6) is 11.5 Å². The summed E-state index contributed by atoms with van der Waals surface area (Å²) in [5.74, 6) is -0.810. The van der Waals surface area contributed by atoms with E-state index in [-0.39, 0.29) is 128 Å². The second-order valence-electron chi connectivity index (χ2n) is 13.7. The fourth-order valence-electron chi connectivity index (χ4n) is 2.83. The zero-order valence-electron chi connectivity index (χ0n) is 38.4. The topological polar surface area (TPSA) is 568 Å². The van der Waals surface area contributed by atoms with Crippen LogP contribution in [0.3, 0.4) is 0 Å². The average Bonchev–Trinajstić information content (AvgIpc) is 3.27. The van der Waals surface area contributed by atoms with Crippen LogP contribution in [0.4, 0.5) is 0 Å². The van der Waals surface area contributed by atoms with Gasteiger partial charge in [0.1, 0.15) is 23.7 Å². The molecule has 0 heterocycles. The Bertz CT molecular complexity index is 1740. The van der Waals surface area contributed by atoms with E-state index in [1.54, 1.807) is 39.8 Å². The molecule has 0 unspecified atom stereocenters. The van der Waals surface area contributed by atoms with Gasteiger partial charge in [-0.2, -0.15) is 10.3 Å². The number of nitrogens with two attached hydrogens (primary N) is 2. The summed E-state index contributed by atoms with van der Waals surface area (Å²) in [6, 6.07) is 6.22. The number of hydrogen-bond donors (Lipinski definition) is 8. The first-order valence-corrected chi connectivity index (χ1v) is 18.5. The smallest absolute Gasteiger partial charge is 0.872 e. The molecule has 0 spiro atoms. The Kier molecular flexibility index (Phi) is 70.5. The number of isothiocyanates is 2. The van der Waals surface area contributed by atoms with Crippen LogP contribution in [-0.2, 0) is 66.0 Å². The predicted molar refractivity (Wildman–Crippen MR) is 244 cm³/mol. The molecular weight excluding hydrogens is 1190 g/mol. The number of aliphatic hydroxyl groups is 6. The molecule has 0 saturated carbocycles. The monoisotopic (exact) mass is 1240 g/mol. The summed E-state index contributed by atoms with van der Waals surface area (Å²) in [7, 11) is 0. The Hall–Kier alpha value is -4.51. The minimum Gasteiger partial charge on any atom is -0.872 e. The van der Waals surface area contributed by atoms with Crippen molar-refractivity contribution in [1.29, 1.82) is 0 Å². The number of carbonyl (C=O) groups excluding carboxylic acids is 2. The minimum absolute atomic E-state index is 0. The van der Waals surface area contributed by atoms with E-state index in [2.05, 4.69) is 34.4 Å². The first kappa shape index (κ1) is 93.5. The molecule has 0 aliphatic heterocycles. The number of aryl methyl sites for hydroxylation is 2. The van der Waals surface area contributed by atoms with Crippen molar-refractivity contribution in [1.82, 2.24) is 0 Å². The van der Waals surface area contributed by atoms with Crippen molar-refractivity contribution in [2.24, 2.45) is 21.5 Å². The number of aliphatic hydroxyl groups excluding tert-OH is 6. The SMILES string of the molecule is C[C@@](N)(C[O-])CO.C[C@](N)(C[O-])CO.Cc1cc(C=O)c([O-])c(C=NC(C)(CO)CO)c1.Cc1cc(C=O)c([O-])c(C=NC(C)(CO)CO)c1.O=[N+]([O-])[O-].O=[N+]([O-])[O-].O=[N+]([O-])[O-].[N-]=C=S.[N-]=C=S.[Ni+2].[Ni+2].[Ni+2].[Ni+3]. The van der Waals surface area contributed by atoms with Crippen LogP contribution in [0.15, 0.2) is 34.3 Å². The zero-order valence-corrected chi connectivity index (χ0v) is 44.0. The van der Waals surface area contributed by atoms with Gasteiger partial charge in [-0.15, -0.1) is 13.2 Å². The summed E-state index contributed by atoms with van der Waals surface area (Å²) in [5, 5.41) is 157. The summed E-state index contributed by atoms with van der Waals surface area (Å²) in [5.41, 5.74) is 8.64. The van der Waals surface area contributed by atoms with E-state index < -0.39 is 62.1 Å². The van der Waals surface area contributed by atoms with E-state index in [0.29, 0.717) is 12.6 Å². The van der Waals surface area contributed by atoms with Crippen molar-refractivity contribution in [2.45, 2.75) is 63.7 Å². The fraction of sp³-hybridized carbons (Fsp3) is 0.500. The number of hydrogen-bond acceptors (Lipinski definition) is 27. The molecule has 30 nitrogen and oxygen atoms in total. The Balaban J connectivity index is -0.0000000706. The van der Waals surface area contributed by atoms with Crippen LogP contribution in [0.2, 0.25) is 0 Å². The maximum absolute atomic E-state index is 11.8. The quantitative estimate of drug-likeness (QED) is 0.0230. The first-order valence-electron chi connectivity index (χ1n) is 17.7. The number of carbonyl (C=O) groups is 2. The summed E-state index contributed by atoms with van der Waals surface area (Å²) >= 11 is 7.40. The van der Waals surface area contributed by atoms with E-state index in [4.69, 9.17) is 98.9 Å². The van der Waals surface area contributed by atoms with Crippen LogP contribution < -0.4 is 31.9 Å². The second-order valence-corrected chi connectivity index (χ2v) is 14.1. The van der Waals surface area contributed by atoms with Crippen LogP contribution in [-0.4, -0.2) is 156 Å². The molecule has 2 atom stereocenters. The standard InChI is InChI=1S/2C13H17NO4.2C4H10NO2.2CNS.3NO3.4Ni/c2*1-9-3-10(12(18)11(4-9)6-15)5-14-13(2,7-16)8-17;2*1-4(5,2-6)3-7;2*2-1-3;3*2-1(3)4;;;;/h2*3-6,16-18H,7-8H2,1-2H3;2*6H,2-3,5H2,1H3;;;;;;;;;/q;;7*-1;3*+2;+3/p-2/t;;2*4-;;;;;;;;;/m..10........./s1. The van der Waals surface area contributed by atoms with Gasteiger partial charge in [0.05, 0.1) is 54.9 Å². The molecule has 72 heavy (non-hydrogen) atoms. The van der Waals surface area contributed by atoms with Crippen molar-refractivity contribution in [2.75, 3.05) is 52.9 Å². The molecule has 2 aromatic carbocycles. The number of nitrogens with zero attached hydrogens (tertiary/aromatic N) is 7. The van der Waals surface area contributed by atoms with Gasteiger partial charge in [-0.25, -0.2) is 0 Å². The van der Waals surface area contributed by atoms with Gasteiger partial charge in [-0.1, -0.05) is 48.1 Å². The number of rotatable bonds is 14. The van der Waals surface area contributed by atoms with Gasteiger partial charge in [-0.3, -0.25) is 19.6 Å². The van der Waals surface area contributed by atoms with E-state index in [9.17, 15) is 30.0 Å². The molecule has 419 valence electrons. The van der Waals surface area contributed by atoms with Crippen LogP contribution in [0, 0.1) is 59.8 Å². The minimum atomic E-state index is -1.75. The summed E-state index contributed by atoms with van der Waals surface area (Å²) in [4.78, 5) is 54.2. The van der Waals surface area contributed by atoms with E-state index in [1.165, 1.54) is 48.7 Å². The molecule has 0 saturated heterocycles. The van der Waals surface area contributed by atoms with Crippen molar-refractivity contribution in [3.05, 3.63) is 114 Å². The number of aldehydes is 2. The molecule has 10 N–H and O–H groups in total. The summed E-state index contributed by atoms with van der Waals surface area (Å²) in [6.07, 6.45) is 3.58. The molecular formula is C36H52N9Ni4O21S2. The predicted octanol–water partition coefficient (Wildman–Crippen LogP) is -3.21. The fourth-order valence-corrected chi connectivity index (χ4v) is 2.83. The molecule has 0 amide bonds. The van der Waals surface area contributed by atoms with Gasteiger partial charge in [-0.05, 0) is 75.9 Å². The Morgan fingerprint density at radius 3 is 0.875 bits per heavy atom. The van der Waals surface area contributed by atoms with E-state index >= 15 is 0 Å². The van der Waals surface area contributed by atoms with Crippen LogP contribution in [0.25, 0.3) is 10.8 Å². The molecule has 2 aromatic rings. The summed E-state index contributed by atoms with van der Waals surface area (Å²) in [6.45, 7) is 7.01. The van der Waals surface area contributed by atoms with Gasteiger partial charge < -0.3 is 119 Å². The molecule has 36 heteroatoms. The molecule has 0 fully saturated rings.